The molecule has 2 rings (SSSR count). The number of nitrogens with zero attached hydrogens (tertiary/aromatic N) is 2. The summed E-state index contributed by atoms with van der Waals surface area (Å²) in [6, 6.07) is 21.0. The average Bonchev–Trinajstić information content (AvgIpc) is 2.55. The first-order valence-corrected chi connectivity index (χ1v) is 8.48. The van der Waals surface area contributed by atoms with Gasteiger partial charge in [-0.3, -0.25) is 4.48 Å². The topological polar surface area (TPSA) is 77.4 Å². The number of rotatable bonds is 3. The third-order valence-electron chi connectivity index (χ3n) is 3.21. The zero-order valence-electron chi connectivity index (χ0n) is 17.4. The van der Waals surface area contributed by atoms with Crippen LogP contribution in [0.1, 0.15) is 5.56 Å². The van der Waals surface area contributed by atoms with Crippen molar-refractivity contribution >= 4 is 17.6 Å². The number of hydrogen-bond acceptors (Lipinski definition) is 3. The zero-order valence-corrected chi connectivity index (χ0v) is 18.2. The van der Waals surface area contributed by atoms with Gasteiger partial charge < -0.3 is 31.9 Å². The van der Waals surface area contributed by atoms with Crippen LogP contribution >= 0.6 is 0 Å². The van der Waals surface area contributed by atoms with Gasteiger partial charge in [-0.15, -0.1) is 0 Å². The van der Waals surface area contributed by atoms with E-state index in [-0.39, 0.29) is 12.4 Å². The van der Waals surface area contributed by atoms with Crippen molar-refractivity contribution in [1.29, 1.82) is 0 Å². The summed E-state index contributed by atoms with van der Waals surface area (Å²) in [5.41, 5.74) is 2.74. The van der Waals surface area contributed by atoms with Crippen molar-refractivity contribution in [2.24, 2.45) is 0 Å². The molecule has 7 heteroatoms. The largest absolute Gasteiger partial charge is 1.00 e. The van der Waals surface area contributed by atoms with E-state index in [2.05, 4.69) is 96.9 Å². The van der Waals surface area contributed by atoms with Gasteiger partial charge in [0, 0.05) is 5.56 Å². The normalized spacial score (nSPS) is 10.2. The number of benzene rings is 2. The molecule has 28 heavy (non-hydrogen) atoms. The van der Waals surface area contributed by atoms with Crippen LogP contribution in [-0.2, 0) is 16.1 Å². The second-order valence-electron chi connectivity index (χ2n) is 7.87. The molecule has 0 amide bonds. The van der Waals surface area contributed by atoms with E-state index in [1.54, 1.807) is 0 Å². The molecule has 0 saturated carbocycles. The number of para-hydroxylation sites is 1. The Bertz CT molecular complexity index is 682. The molecule has 0 radical (unpaired) electrons. The third kappa shape index (κ3) is 14.7. The zero-order chi connectivity index (χ0) is 21.1. The van der Waals surface area contributed by atoms with E-state index >= 15 is 0 Å². The fourth-order valence-corrected chi connectivity index (χ4v) is 2.01. The number of carboxylic acid groups (broad SMARTS) is 2. The summed E-state index contributed by atoms with van der Waals surface area (Å²) in [6.45, 7) is 1.10. The number of hydrogen-bond donors (Lipinski definition) is 1. The molecule has 0 spiro atoms. The van der Waals surface area contributed by atoms with Gasteiger partial charge in [-0.1, -0.05) is 48.5 Å². The SMILES string of the molecule is C[N+](C)(C)Cc1ccccc1.C[N+](C)(C)c1ccccc1.O=C([O-])C(=O)O.[Cl-]. The minimum Gasteiger partial charge on any atom is -1.00 e. The summed E-state index contributed by atoms with van der Waals surface area (Å²) in [6.07, 6.45) is 0. The van der Waals surface area contributed by atoms with E-state index in [1.165, 1.54) is 11.3 Å². The number of carbonyl (C=O) groups excluding carboxylic acids is 1. The van der Waals surface area contributed by atoms with Gasteiger partial charge in [-0.25, -0.2) is 4.79 Å². The van der Waals surface area contributed by atoms with Gasteiger partial charge >= 0.3 is 5.97 Å². The van der Waals surface area contributed by atoms with Crippen molar-refractivity contribution < 1.29 is 36.7 Å². The first-order chi connectivity index (χ1) is 12.3. The molecule has 0 aromatic heterocycles. The molecule has 1 N–H and O–H groups in total. The van der Waals surface area contributed by atoms with E-state index in [1.807, 2.05) is 6.07 Å². The Morgan fingerprint density at radius 3 is 1.43 bits per heavy atom. The molecule has 6 nitrogen and oxygen atoms in total. The van der Waals surface area contributed by atoms with Gasteiger partial charge in [0.05, 0.1) is 42.3 Å². The molecule has 0 fully saturated rings. The molecule has 0 unspecified atom stereocenters. The molecule has 2 aromatic rings. The predicted octanol–water partition coefficient (Wildman–Crippen LogP) is -1.40. The Morgan fingerprint density at radius 2 is 1.18 bits per heavy atom. The predicted molar refractivity (Wildman–Crippen MR) is 107 cm³/mol. The summed E-state index contributed by atoms with van der Waals surface area (Å²) in [5.74, 6) is -4.01. The summed E-state index contributed by atoms with van der Waals surface area (Å²) >= 11 is 0. The maximum absolute atomic E-state index is 9.04. The quantitative estimate of drug-likeness (QED) is 0.499. The molecule has 2 aromatic carbocycles. The van der Waals surface area contributed by atoms with Crippen molar-refractivity contribution in [1.82, 2.24) is 4.48 Å². The molecule has 156 valence electrons. The van der Waals surface area contributed by atoms with Crippen LogP contribution < -0.4 is 22.0 Å². The van der Waals surface area contributed by atoms with E-state index in [0.717, 1.165) is 15.5 Å². The van der Waals surface area contributed by atoms with Gasteiger partial charge in [0.15, 0.2) is 5.97 Å². The van der Waals surface area contributed by atoms with Gasteiger partial charge in [0.2, 0.25) is 0 Å². The Morgan fingerprint density at radius 1 is 0.821 bits per heavy atom. The molecule has 0 saturated heterocycles. The Hall–Kier alpha value is -2.41. The number of carbonyl (C=O) groups is 2. The third-order valence-corrected chi connectivity index (χ3v) is 3.21. The van der Waals surface area contributed by atoms with Crippen molar-refractivity contribution in [2.45, 2.75) is 6.54 Å². The smallest absolute Gasteiger partial charge is 0.351 e. The minimum atomic E-state index is -2.07. The monoisotopic (exact) mass is 410 g/mol. The molecule has 0 aliphatic heterocycles. The number of quaternary nitrogens is 2. The lowest BCUT2D eigenvalue weighted by molar-refractivity contribution is -0.884. The lowest BCUT2D eigenvalue weighted by atomic mass is 10.2. The Kier molecular flexibility index (Phi) is 12.8. The summed E-state index contributed by atoms with van der Waals surface area (Å²) in [5, 5.41) is 16.3. The summed E-state index contributed by atoms with van der Waals surface area (Å²) < 4.78 is 1.88. The Balaban J connectivity index is 0. The van der Waals surface area contributed by atoms with Gasteiger partial charge in [0.25, 0.3) is 0 Å². The number of halogens is 1. The van der Waals surface area contributed by atoms with Crippen molar-refractivity contribution in [3.05, 3.63) is 66.2 Å². The lowest BCUT2D eigenvalue weighted by Crippen LogP contribution is -3.00. The molecule has 0 aliphatic rings. The molecule has 0 heterocycles. The molecular formula is C21H31ClN2O4. The van der Waals surface area contributed by atoms with Crippen molar-refractivity contribution in [3.8, 4) is 0 Å². The maximum Gasteiger partial charge on any atom is 0.351 e. The van der Waals surface area contributed by atoms with E-state index in [0.29, 0.717) is 0 Å². The van der Waals surface area contributed by atoms with Crippen LogP contribution in [0.15, 0.2) is 60.7 Å². The second kappa shape index (κ2) is 12.9. The Labute approximate surface area is 174 Å². The minimum absolute atomic E-state index is 0. The van der Waals surface area contributed by atoms with Gasteiger partial charge in [-0.2, -0.15) is 0 Å². The first kappa shape index (κ1) is 27.8. The highest BCUT2D eigenvalue weighted by Gasteiger charge is 2.09. The highest BCUT2D eigenvalue weighted by atomic mass is 35.5. The molecular weight excluding hydrogens is 380 g/mol. The van der Waals surface area contributed by atoms with Crippen molar-refractivity contribution in [2.75, 3.05) is 42.3 Å². The van der Waals surface area contributed by atoms with E-state index in [9.17, 15) is 0 Å². The molecule has 0 atom stereocenters. The maximum atomic E-state index is 9.04. The van der Waals surface area contributed by atoms with Gasteiger partial charge in [-0.05, 0) is 12.1 Å². The number of carboxylic acids is 2. The standard InChI is InChI=1S/C10H16N.C9H14N.C2H2O4.ClH/c1-11(2,3)9-10-7-5-4-6-8-10;1-10(2,3)9-7-5-4-6-8-9;3-1(4)2(5)6;/h4-8H,9H2,1-3H3;4-8H,1-3H3;(H,3,4)(H,5,6);1H/q2*+1;;/p-2. The second-order valence-corrected chi connectivity index (χ2v) is 7.87. The highest BCUT2D eigenvalue weighted by Crippen LogP contribution is 2.14. The summed E-state index contributed by atoms with van der Waals surface area (Å²) in [4.78, 5) is 18.0. The van der Waals surface area contributed by atoms with Crippen LogP contribution in [0.25, 0.3) is 0 Å². The lowest BCUT2D eigenvalue weighted by Gasteiger charge is -2.23. The van der Waals surface area contributed by atoms with E-state index < -0.39 is 11.9 Å². The van der Waals surface area contributed by atoms with Crippen LogP contribution in [0.4, 0.5) is 5.69 Å². The highest BCUT2D eigenvalue weighted by molar-refractivity contribution is 6.26. The van der Waals surface area contributed by atoms with Crippen LogP contribution in [0, 0.1) is 0 Å². The van der Waals surface area contributed by atoms with Crippen LogP contribution in [0.5, 0.6) is 0 Å². The van der Waals surface area contributed by atoms with Crippen LogP contribution in [0.2, 0.25) is 0 Å². The molecule has 0 aliphatic carbocycles. The average molecular weight is 411 g/mol. The fourth-order valence-electron chi connectivity index (χ4n) is 2.01. The van der Waals surface area contributed by atoms with Crippen molar-refractivity contribution in [3.63, 3.8) is 0 Å². The van der Waals surface area contributed by atoms with Gasteiger partial charge in [0.1, 0.15) is 12.2 Å². The van der Waals surface area contributed by atoms with Crippen LogP contribution in [-0.4, -0.2) is 63.8 Å². The molecule has 0 bridgehead atoms. The first-order valence-electron chi connectivity index (χ1n) is 8.48. The fraction of sp³-hybridized carbons (Fsp3) is 0.333. The van der Waals surface area contributed by atoms with Crippen LogP contribution in [0.3, 0.4) is 0 Å². The number of aliphatic carboxylic acids is 2. The summed E-state index contributed by atoms with van der Waals surface area (Å²) in [7, 11) is 13.1. The van der Waals surface area contributed by atoms with E-state index in [4.69, 9.17) is 19.8 Å².